The van der Waals surface area contributed by atoms with Crippen molar-refractivity contribution in [3.8, 4) is 0 Å². The van der Waals surface area contributed by atoms with Gasteiger partial charge in [-0.2, -0.15) is 0 Å². The molecule has 1 unspecified atom stereocenters. The van der Waals surface area contributed by atoms with E-state index in [4.69, 9.17) is 0 Å². The summed E-state index contributed by atoms with van der Waals surface area (Å²) < 4.78 is 26.5. The number of hydrogen-bond acceptors (Lipinski definition) is 1. The highest BCUT2D eigenvalue weighted by Crippen LogP contribution is 2.21. The first-order valence-electron chi connectivity index (χ1n) is 5.75. The fraction of sp³-hybridized carbons (Fsp3) is 0.200. The summed E-state index contributed by atoms with van der Waals surface area (Å²) in [5, 5.41) is 10.0. The van der Waals surface area contributed by atoms with E-state index < -0.39 is 17.7 Å². The monoisotopic (exact) mass is 248 g/mol. The second kappa shape index (κ2) is 5.27. The van der Waals surface area contributed by atoms with Crippen molar-refractivity contribution in [1.29, 1.82) is 0 Å². The van der Waals surface area contributed by atoms with Crippen molar-refractivity contribution in [2.24, 2.45) is 0 Å². The summed E-state index contributed by atoms with van der Waals surface area (Å²) in [4.78, 5) is 0. The Kier molecular flexibility index (Phi) is 3.72. The molecule has 1 nitrogen and oxygen atoms in total. The Hall–Kier alpha value is -1.74. The minimum absolute atomic E-state index is 0.0625. The van der Waals surface area contributed by atoms with Gasteiger partial charge in [-0.05, 0) is 36.2 Å². The van der Waals surface area contributed by atoms with Crippen molar-refractivity contribution in [2.75, 3.05) is 0 Å². The molecule has 1 atom stereocenters. The molecule has 0 aliphatic heterocycles. The van der Waals surface area contributed by atoms with E-state index in [9.17, 15) is 13.9 Å². The van der Waals surface area contributed by atoms with Gasteiger partial charge in [0.1, 0.15) is 11.6 Å². The SMILES string of the molecule is Cc1cccc(C(O)Cc2cc(F)ccc2F)c1. The Balaban J connectivity index is 2.21. The maximum absolute atomic E-state index is 13.4. The summed E-state index contributed by atoms with van der Waals surface area (Å²) in [6.45, 7) is 1.92. The minimum atomic E-state index is -0.832. The Labute approximate surface area is 105 Å². The third-order valence-corrected chi connectivity index (χ3v) is 2.85. The number of hydrogen-bond donors (Lipinski definition) is 1. The Morgan fingerprint density at radius 3 is 2.61 bits per heavy atom. The lowest BCUT2D eigenvalue weighted by Crippen LogP contribution is -2.04. The van der Waals surface area contributed by atoms with E-state index in [-0.39, 0.29) is 12.0 Å². The van der Waals surface area contributed by atoms with E-state index in [2.05, 4.69) is 0 Å². The molecule has 0 aliphatic rings. The van der Waals surface area contributed by atoms with E-state index in [0.717, 1.165) is 23.8 Å². The summed E-state index contributed by atoms with van der Waals surface area (Å²) in [5.41, 5.74) is 1.91. The zero-order valence-electron chi connectivity index (χ0n) is 10.0. The van der Waals surface area contributed by atoms with Crippen LogP contribution in [-0.2, 0) is 6.42 Å². The lowest BCUT2D eigenvalue weighted by Gasteiger charge is -2.12. The summed E-state index contributed by atoms with van der Waals surface area (Å²) in [7, 11) is 0. The number of aliphatic hydroxyl groups excluding tert-OH is 1. The van der Waals surface area contributed by atoms with Gasteiger partial charge in [-0.25, -0.2) is 8.78 Å². The molecule has 0 radical (unpaired) electrons. The topological polar surface area (TPSA) is 20.2 Å². The van der Waals surface area contributed by atoms with Gasteiger partial charge in [0.15, 0.2) is 0 Å². The smallest absolute Gasteiger partial charge is 0.126 e. The second-order valence-electron chi connectivity index (χ2n) is 4.37. The second-order valence-corrected chi connectivity index (χ2v) is 4.37. The van der Waals surface area contributed by atoms with Gasteiger partial charge in [0.2, 0.25) is 0 Å². The molecule has 2 aromatic rings. The molecular formula is C15H14F2O. The maximum atomic E-state index is 13.4. The van der Waals surface area contributed by atoms with Gasteiger partial charge < -0.3 is 5.11 Å². The fourth-order valence-electron chi connectivity index (χ4n) is 1.90. The van der Waals surface area contributed by atoms with Gasteiger partial charge in [0, 0.05) is 6.42 Å². The van der Waals surface area contributed by atoms with Crippen molar-refractivity contribution >= 4 is 0 Å². The number of benzene rings is 2. The van der Waals surface area contributed by atoms with Crippen LogP contribution in [0.15, 0.2) is 42.5 Å². The molecular weight excluding hydrogens is 234 g/mol. The normalized spacial score (nSPS) is 12.4. The highest BCUT2D eigenvalue weighted by molar-refractivity contribution is 5.27. The van der Waals surface area contributed by atoms with Crippen molar-refractivity contribution in [3.05, 3.63) is 70.8 Å². The first-order valence-corrected chi connectivity index (χ1v) is 5.75. The molecule has 94 valence electrons. The summed E-state index contributed by atoms with van der Waals surface area (Å²) in [5.74, 6) is -0.994. The van der Waals surface area contributed by atoms with Crippen LogP contribution in [0.1, 0.15) is 22.8 Å². The number of rotatable bonds is 3. The van der Waals surface area contributed by atoms with Gasteiger partial charge in [0.05, 0.1) is 6.10 Å². The molecule has 0 bridgehead atoms. The van der Waals surface area contributed by atoms with Crippen LogP contribution in [0.5, 0.6) is 0 Å². The van der Waals surface area contributed by atoms with Crippen molar-refractivity contribution in [2.45, 2.75) is 19.4 Å². The number of aryl methyl sites for hydroxylation is 1. The fourth-order valence-corrected chi connectivity index (χ4v) is 1.90. The van der Waals surface area contributed by atoms with Crippen LogP contribution in [0.25, 0.3) is 0 Å². The average molecular weight is 248 g/mol. The molecule has 0 aromatic heterocycles. The van der Waals surface area contributed by atoms with E-state index in [1.807, 2.05) is 25.1 Å². The Morgan fingerprint density at radius 1 is 1.11 bits per heavy atom. The molecule has 0 fully saturated rings. The van der Waals surface area contributed by atoms with Crippen LogP contribution in [0, 0.1) is 18.6 Å². The van der Waals surface area contributed by atoms with Crippen LogP contribution in [-0.4, -0.2) is 5.11 Å². The number of halogens is 2. The molecule has 0 saturated carbocycles. The predicted octanol–water partition coefficient (Wildman–Crippen LogP) is 3.55. The van der Waals surface area contributed by atoms with Crippen LogP contribution in [0.3, 0.4) is 0 Å². The third kappa shape index (κ3) is 2.93. The predicted molar refractivity (Wildman–Crippen MR) is 66.2 cm³/mol. The van der Waals surface area contributed by atoms with Gasteiger partial charge >= 0.3 is 0 Å². The molecule has 0 saturated heterocycles. The molecule has 1 N–H and O–H groups in total. The number of aliphatic hydroxyl groups is 1. The molecule has 3 heteroatoms. The van der Waals surface area contributed by atoms with Crippen molar-refractivity contribution in [1.82, 2.24) is 0 Å². The van der Waals surface area contributed by atoms with Crippen LogP contribution >= 0.6 is 0 Å². The molecule has 0 aliphatic carbocycles. The van der Waals surface area contributed by atoms with Gasteiger partial charge in [-0.3, -0.25) is 0 Å². The third-order valence-electron chi connectivity index (χ3n) is 2.85. The van der Waals surface area contributed by atoms with Crippen LogP contribution < -0.4 is 0 Å². The average Bonchev–Trinajstić information content (AvgIpc) is 2.34. The standard InChI is InChI=1S/C15H14F2O/c1-10-3-2-4-11(7-10)15(18)9-12-8-13(16)5-6-14(12)17/h2-8,15,18H,9H2,1H3. The highest BCUT2D eigenvalue weighted by Gasteiger charge is 2.12. The van der Waals surface area contributed by atoms with Crippen LogP contribution in [0.4, 0.5) is 8.78 Å². The Bertz CT molecular complexity index is 552. The van der Waals surface area contributed by atoms with Crippen LogP contribution in [0.2, 0.25) is 0 Å². The minimum Gasteiger partial charge on any atom is -0.388 e. The van der Waals surface area contributed by atoms with Crippen molar-refractivity contribution < 1.29 is 13.9 Å². The van der Waals surface area contributed by atoms with E-state index >= 15 is 0 Å². The summed E-state index contributed by atoms with van der Waals surface area (Å²) in [6.07, 6.45) is -0.770. The lowest BCUT2D eigenvalue weighted by atomic mass is 10.00. The van der Waals surface area contributed by atoms with E-state index in [1.165, 1.54) is 0 Å². The first kappa shape index (κ1) is 12.7. The summed E-state index contributed by atoms with van der Waals surface area (Å²) >= 11 is 0. The van der Waals surface area contributed by atoms with Gasteiger partial charge in [0.25, 0.3) is 0 Å². The quantitative estimate of drug-likeness (QED) is 0.880. The molecule has 0 spiro atoms. The zero-order chi connectivity index (χ0) is 13.1. The molecule has 2 rings (SSSR count). The van der Waals surface area contributed by atoms with E-state index in [1.54, 1.807) is 6.07 Å². The molecule has 2 aromatic carbocycles. The zero-order valence-corrected chi connectivity index (χ0v) is 10.0. The molecule has 0 amide bonds. The maximum Gasteiger partial charge on any atom is 0.126 e. The largest absolute Gasteiger partial charge is 0.388 e. The highest BCUT2D eigenvalue weighted by atomic mass is 19.1. The van der Waals surface area contributed by atoms with Gasteiger partial charge in [-0.1, -0.05) is 29.8 Å². The van der Waals surface area contributed by atoms with Gasteiger partial charge in [-0.15, -0.1) is 0 Å². The molecule has 18 heavy (non-hydrogen) atoms. The van der Waals surface area contributed by atoms with Crippen molar-refractivity contribution in [3.63, 3.8) is 0 Å². The first-order chi connectivity index (χ1) is 8.56. The molecule has 0 heterocycles. The van der Waals surface area contributed by atoms with E-state index in [0.29, 0.717) is 5.56 Å². The summed E-state index contributed by atoms with van der Waals surface area (Å²) in [6, 6.07) is 10.6. The lowest BCUT2D eigenvalue weighted by molar-refractivity contribution is 0.177. The Morgan fingerprint density at radius 2 is 1.89 bits per heavy atom.